The molecule has 2 aromatic carbocycles. The summed E-state index contributed by atoms with van der Waals surface area (Å²) in [5.41, 5.74) is 3.16. The van der Waals surface area contributed by atoms with Crippen molar-refractivity contribution in [3.05, 3.63) is 47.5 Å². The van der Waals surface area contributed by atoms with Crippen LogP contribution in [0.1, 0.15) is 22.8 Å². The summed E-state index contributed by atoms with van der Waals surface area (Å²) in [5.74, 6) is 0.876. The minimum absolute atomic E-state index is 0.0367. The molecule has 0 heterocycles. The maximum atomic E-state index is 12.2. The zero-order valence-electron chi connectivity index (χ0n) is 14.3. The van der Waals surface area contributed by atoms with Gasteiger partial charge in [-0.2, -0.15) is 5.10 Å². The number of phenolic OH excluding ortho intramolecular Hbond substituents is 1. The summed E-state index contributed by atoms with van der Waals surface area (Å²) in [6, 6.07) is 9.83. The molecule has 132 valence electrons. The maximum Gasteiger partial charge on any atom is 0.271 e. The normalized spacial score (nSPS) is 10.5. The minimum atomic E-state index is -0.436. The van der Waals surface area contributed by atoms with Crippen molar-refractivity contribution in [1.82, 2.24) is 5.43 Å². The highest BCUT2D eigenvalue weighted by Gasteiger charge is 2.10. The number of nitrogens with zero attached hydrogens (tertiary/aromatic N) is 1. The molecule has 0 atom stereocenters. The van der Waals surface area contributed by atoms with E-state index in [0.29, 0.717) is 35.0 Å². The summed E-state index contributed by atoms with van der Waals surface area (Å²) in [6.45, 7) is 2.26. The number of methoxy groups -OCH3 is 2. The molecule has 7 heteroatoms. The number of hydrogen-bond acceptors (Lipinski definition) is 6. The lowest BCUT2D eigenvalue weighted by Gasteiger charge is -2.08. The van der Waals surface area contributed by atoms with E-state index in [1.54, 1.807) is 36.4 Å². The van der Waals surface area contributed by atoms with E-state index >= 15 is 0 Å². The van der Waals surface area contributed by atoms with Crippen LogP contribution in [0.25, 0.3) is 0 Å². The molecular formula is C18H20N2O5. The second kappa shape index (κ2) is 8.58. The topological polar surface area (TPSA) is 89.4 Å². The monoisotopic (exact) mass is 344 g/mol. The Kier molecular flexibility index (Phi) is 6.22. The number of ether oxygens (including phenoxy) is 3. The van der Waals surface area contributed by atoms with Crippen molar-refractivity contribution < 1.29 is 24.1 Å². The number of amides is 1. The number of nitrogens with one attached hydrogen (secondary N) is 1. The zero-order valence-corrected chi connectivity index (χ0v) is 14.3. The first-order valence-corrected chi connectivity index (χ1v) is 7.60. The highest BCUT2D eigenvalue weighted by Crippen LogP contribution is 2.28. The lowest BCUT2D eigenvalue weighted by molar-refractivity contribution is 0.0954. The van der Waals surface area contributed by atoms with Gasteiger partial charge in [-0.15, -0.1) is 0 Å². The van der Waals surface area contributed by atoms with Gasteiger partial charge in [-0.1, -0.05) is 6.07 Å². The van der Waals surface area contributed by atoms with Crippen molar-refractivity contribution in [2.24, 2.45) is 5.10 Å². The number of rotatable bonds is 7. The molecule has 7 nitrogen and oxygen atoms in total. The van der Waals surface area contributed by atoms with E-state index in [2.05, 4.69) is 10.5 Å². The first kappa shape index (κ1) is 18.1. The van der Waals surface area contributed by atoms with Crippen LogP contribution in [0, 0.1) is 0 Å². The van der Waals surface area contributed by atoms with E-state index in [4.69, 9.17) is 14.2 Å². The molecule has 0 aliphatic rings. The van der Waals surface area contributed by atoms with Crippen LogP contribution in [-0.4, -0.2) is 38.1 Å². The average molecular weight is 344 g/mol. The van der Waals surface area contributed by atoms with Crippen LogP contribution in [0.2, 0.25) is 0 Å². The van der Waals surface area contributed by atoms with Crippen LogP contribution < -0.4 is 19.6 Å². The molecule has 2 aromatic rings. The second-order valence-electron chi connectivity index (χ2n) is 4.93. The van der Waals surface area contributed by atoms with Gasteiger partial charge in [0, 0.05) is 17.2 Å². The van der Waals surface area contributed by atoms with Gasteiger partial charge in [-0.25, -0.2) is 5.43 Å². The second-order valence-corrected chi connectivity index (χ2v) is 4.93. The number of carbonyl (C=O) groups is 1. The Labute approximate surface area is 145 Å². The molecule has 1 amide bonds. The summed E-state index contributed by atoms with van der Waals surface area (Å²) < 4.78 is 15.6. The highest BCUT2D eigenvalue weighted by atomic mass is 16.5. The number of hydrogen-bond donors (Lipinski definition) is 2. The fraction of sp³-hybridized carbons (Fsp3) is 0.222. The number of para-hydroxylation sites is 1. The molecule has 0 fully saturated rings. The third-order valence-electron chi connectivity index (χ3n) is 3.31. The largest absolute Gasteiger partial charge is 0.504 e. The van der Waals surface area contributed by atoms with Gasteiger partial charge in [-0.3, -0.25) is 4.79 Å². The van der Waals surface area contributed by atoms with Gasteiger partial charge in [0.15, 0.2) is 11.5 Å². The Hall–Kier alpha value is -3.22. The number of phenols is 1. The zero-order chi connectivity index (χ0) is 18.2. The fourth-order valence-electron chi connectivity index (χ4n) is 2.08. The number of benzene rings is 2. The highest BCUT2D eigenvalue weighted by molar-refractivity contribution is 5.96. The number of carbonyl (C=O) groups excluding carboxylic acids is 1. The van der Waals surface area contributed by atoms with E-state index in [1.807, 2.05) is 6.92 Å². The Morgan fingerprint density at radius 1 is 1.20 bits per heavy atom. The molecule has 0 spiro atoms. The molecule has 0 aliphatic heterocycles. The van der Waals surface area contributed by atoms with Crippen LogP contribution in [-0.2, 0) is 0 Å². The van der Waals surface area contributed by atoms with Gasteiger partial charge in [-0.05, 0) is 31.2 Å². The van der Waals surface area contributed by atoms with E-state index in [0.717, 1.165) is 0 Å². The molecule has 25 heavy (non-hydrogen) atoms. The molecule has 0 aliphatic carbocycles. The van der Waals surface area contributed by atoms with Crippen molar-refractivity contribution in [3.8, 4) is 23.0 Å². The SMILES string of the molecule is CCOc1cccc(/C=N/NC(=O)c2cc(OC)cc(OC)c2)c1O. The van der Waals surface area contributed by atoms with E-state index in [1.165, 1.54) is 20.4 Å². The molecule has 2 N–H and O–H groups in total. The van der Waals surface area contributed by atoms with E-state index < -0.39 is 5.91 Å². The lowest BCUT2D eigenvalue weighted by atomic mass is 10.2. The molecule has 0 saturated heterocycles. The Balaban J connectivity index is 2.12. The van der Waals surface area contributed by atoms with Crippen molar-refractivity contribution in [2.75, 3.05) is 20.8 Å². The summed E-state index contributed by atoms with van der Waals surface area (Å²) in [6.07, 6.45) is 1.34. The first-order chi connectivity index (χ1) is 12.1. The van der Waals surface area contributed by atoms with Crippen LogP contribution in [0.5, 0.6) is 23.0 Å². The Morgan fingerprint density at radius 2 is 1.88 bits per heavy atom. The smallest absolute Gasteiger partial charge is 0.271 e. The maximum absolute atomic E-state index is 12.2. The molecule has 0 saturated carbocycles. The summed E-state index contributed by atoms with van der Waals surface area (Å²) in [4.78, 5) is 12.2. The van der Waals surface area contributed by atoms with Crippen molar-refractivity contribution in [2.45, 2.75) is 6.92 Å². The van der Waals surface area contributed by atoms with Crippen LogP contribution in [0.3, 0.4) is 0 Å². The van der Waals surface area contributed by atoms with Crippen molar-refractivity contribution in [1.29, 1.82) is 0 Å². The van der Waals surface area contributed by atoms with Gasteiger partial charge in [0.25, 0.3) is 5.91 Å². The fourth-order valence-corrected chi connectivity index (χ4v) is 2.08. The predicted molar refractivity (Wildman–Crippen MR) is 93.9 cm³/mol. The number of aromatic hydroxyl groups is 1. The summed E-state index contributed by atoms with van der Waals surface area (Å²) in [5, 5.41) is 13.9. The van der Waals surface area contributed by atoms with Crippen molar-refractivity contribution >= 4 is 12.1 Å². The Morgan fingerprint density at radius 3 is 2.48 bits per heavy atom. The quantitative estimate of drug-likeness (QED) is 0.595. The third-order valence-corrected chi connectivity index (χ3v) is 3.31. The molecule has 0 aromatic heterocycles. The molecule has 0 bridgehead atoms. The lowest BCUT2D eigenvalue weighted by Crippen LogP contribution is -2.17. The van der Waals surface area contributed by atoms with Crippen molar-refractivity contribution in [3.63, 3.8) is 0 Å². The summed E-state index contributed by atoms with van der Waals surface area (Å²) >= 11 is 0. The average Bonchev–Trinajstić information content (AvgIpc) is 2.64. The van der Waals surface area contributed by atoms with Crippen LogP contribution in [0.4, 0.5) is 0 Å². The van der Waals surface area contributed by atoms with Crippen LogP contribution >= 0.6 is 0 Å². The van der Waals surface area contributed by atoms with Crippen LogP contribution in [0.15, 0.2) is 41.5 Å². The predicted octanol–water partition coefficient (Wildman–Crippen LogP) is 2.57. The van der Waals surface area contributed by atoms with E-state index in [-0.39, 0.29) is 5.75 Å². The third kappa shape index (κ3) is 4.63. The van der Waals surface area contributed by atoms with Gasteiger partial charge in [0.05, 0.1) is 27.0 Å². The first-order valence-electron chi connectivity index (χ1n) is 7.60. The van der Waals surface area contributed by atoms with Gasteiger partial charge < -0.3 is 19.3 Å². The van der Waals surface area contributed by atoms with Gasteiger partial charge in [0.2, 0.25) is 0 Å². The van der Waals surface area contributed by atoms with Gasteiger partial charge >= 0.3 is 0 Å². The molecule has 0 radical (unpaired) electrons. The van der Waals surface area contributed by atoms with E-state index in [9.17, 15) is 9.90 Å². The van der Waals surface area contributed by atoms with Gasteiger partial charge in [0.1, 0.15) is 11.5 Å². The molecule has 2 rings (SSSR count). The molecule has 0 unspecified atom stereocenters. The molecular weight excluding hydrogens is 324 g/mol. The standard InChI is InChI=1S/C18H20N2O5/c1-4-25-16-7-5-6-12(17(16)21)11-19-20-18(22)13-8-14(23-2)10-15(9-13)24-3/h5-11,21H,4H2,1-3H3,(H,20,22)/b19-11+. The summed E-state index contributed by atoms with van der Waals surface area (Å²) in [7, 11) is 3.01. The minimum Gasteiger partial charge on any atom is -0.504 e. The Bertz CT molecular complexity index is 752. The number of hydrazone groups is 1.